The number of hydrogen-bond acceptors (Lipinski definition) is 5. The van der Waals surface area contributed by atoms with Crippen LogP contribution in [0.3, 0.4) is 0 Å². The predicted octanol–water partition coefficient (Wildman–Crippen LogP) is 4.32. The van der Waals surface area contributed by atoms with E-state index in [0.29, 0.717) is 38.0 Å². The molecule has 1 aliphatic heterocycles. The molecule has 0 aliphatic carbocycles. The van der Waals surface area contributed by atoms with Crippen molar-refractivity contribution in [3.63, 3.8) is 0 Å². The van der Waals surface area contributed by atoms with E-state index < -0.39 is 24.4 Å². The van der Waals surface area contributed by atoms with Gasteiger partial charge in [0.05, 0.1) is 10.9 Å². The number of fused-ring (bicyclic) bond motifs is 1. The Kier molecular flexibility index (Phi) is 6.56. The molecule has 0 radical (unpaired) electrons. The summed E-state index contributed by atoms with van der Waals surface area (Å²) in [7, 11) is 0. The number of hydrogen-bond donors (Lipinski definition) is 1. The summed E-state index contributed by atoms with van der Waals surface area (Å²) in [6.45, 7) is 5.37. The zero-order chi connectivity index (χ0) is 23.7. The fourth-order valence-corrected chi connectivity index (χ4v) is 3.58. The molecule has 1 amide bonds. The molecule has 1 aliphatic rings. The first kappa shape index (κ1) is 23.7. The summed E-state index contributed by atoms with van der Waals surface area (Å²) >= 11 is 0. The van der Waals surface area contributed by atoms with E-state index in [2.05, 4.69) is 5.10 Å². The Morgan fingerprint density at radius 2 is 1.84 bits per heavy atom. The van der Waals surface area contributed by atoms with Gasteiger partial charge in [-0.15, -0.1) is 0 Å². The number of alkyl halides is 3. The van der Waals surface area contributed by atoms with Gasteiger partial charge in [0.25, 0.3) is 0 Å². The van der Waals surface area contributed by atoms with Gasteiger partial charge < -0.3 is 19.5 Å². The first-order chi connectivity index (χ1) is 14.8. The molecule has 0 spiro atoms. The van der Waals surface area contributed by atoms with Crippen molar-refractivity contribution < 1.29 is 37.3 Å². The Balaban J connectivity index is 1.71. The number of amides is 1. The number of carbonyl (C=O) groups excluding carboxylic acids is 1. The summed E-state index contributed by atoms with van der Waals surface area (Å²) in [6.07, 6.45) is -2.02. The molecule has 0 unspecified atom stereocenters. The predicted molar refractivity (Wildman–Crippen MR) is 109 cm³/mol. The van der Waals surface area contributed by atoms with Gasteiger partial charge in [0.2, 0.25) is 0 Å². The van der Waals surface area contributed by atoms with Gasteiger partial charge in [0.1, 0.15) is 16.9 Å². The molecular weight excluding hydrogens is 431 g/mol. The highest BCUT2D eigenvalue weighted by Crippen LogP contribution is 2.32. The molecule has 2 heterocycles. The van der Waals surface area contributed by atoms with Gasteiger partial charge in [-0.05, 0) is 51.7 Å². The van der Waals surface area contributed by atoms with Crippen molar-refractivity contribution in [1.82, 2.24) is 14.7 Å². The van der Waals surface area contributed by atoms with Crippen LogP contribution in [0.4, 0.5) is 18.0 Å². The zero-order valence-electron chi connectivity index (χ0n) is 18.1. The standard InChI is InChI=1S/C21H26F3N3O5/c1-20(2,3)32-19(30)26-8-6-13(7-9-26)10-27-11-15-16(25-27)5-4-14(18(28)29)17(15)31-12-21(22,23)24/h4-5,11,13H,6-10,12H2,1-3H3,(H,28,29). The Morgan fingerprint density at radius 3 is 2.41 bits per heavy atom. The average molecular weight is 457 g/mol. The number of carboxylic acid groups (broad SMARTS) is 1. The first-order valence-corrected chi connectivity index (χ1v) is 10.2. The van der Waals surface area contributed by atoms with Crippen molar-refractivity contribution in [2.75, 3.05) is 19.7 Å². The second-order valence-corrected chi connectivity index (χ2v) is 8.85. The lowest BCUT2D eigenvalue weighted by Gasteiger charge is -2.33. The molecule has 176 valence electrons. The maximum atomic E-state index is 12.6. The van der Waals surface area contributed by atoms with Crippen molar-refractivity contribution in [2.45, 2.75) is 51.9 Å². The highest BCUT2D eigenvalue weighted by molar-refractivity contribution is 5.99. The topological polar surface area (TPSA) is 93.9 Å². The minimum Gasteiger partial charge on any atom is -0.482 e. The number of rotatable bonds is 5. The third-order valence-corrected chi connectivity index (χ3v) is 5.01. The van der Waals surface area contributed by atoms with Gasteiger partial charge in [-0.25, -0.2) is 9.59 Å². The van der Waals surface area contributed by atoms with Crippen molar-refractivity contribution in [3.8, 4) is 5.75 Å². The van der Waals surface area contributed by atoms with Crippen LogP contribution in [0.25, 0.3) is 10.9 Å². The number of carbonyl (C=O) groups is 2. The number of aromatic carboxylic acids is 1. The van der Waals surface area contributed by atoms with Gasteiger partial charge in [-0.1, -0.05) is 0 Å². The number of likely N-dealkylation sites (tertiary alicyclic amines) is 1. The summed E-state index contributed by atoms with van der Waals surface area (Å²) in [5.74, 6) is -1.54. The number of ether oxygens (including phenoxy) is 2. The SMILES string of the molecule is CC(C)(C)OC(=O)N1CCC(Cn2cc3c(OCC(F)(F)F)c(C(=O)O)ccc3n2)CC1. The number of piperidine rings is 1. The molecule has 8 nitrogen and oxygen atoms in total. The quantitative estimate of drug-likeness (QED) is 0.719. The largest absolute Gasteiger partial charge is 0.482 e. The van der Waals surface area contributed by atoms with Crippen LogP contribution >= 0.6 is 0 Å². The molecule has 1 fully saturated rings. The van der Waals surface area contributed by atoms with E-state index in [0.717, 1.165) is 0 Å². The highest BCUT2D eigenvalue weighted by atomic mass is 19.4. The van der Waals surface area contributed by atoms with Crippen molar-refractivity contribution in [1.29, 1.82) is 0 Å². The molecular formula is C21H26F3N3O5. The number of nitrogens with zero attached hydrogens (tertiary/aromatic N) is 3. The van der Waals surface area contributed by atoms with E-state index in [4.69, 9.17) is 9.47 Å². The minimum absolute atomic E-state index is 0.196. The van der Waals surface area contributed by atoms with E-state index in [1.807, 2.05) is 20.8 Å². The Bertz CT molecular complexity index is 989. The van der Waals surface area contributed by atoms with Crippen LogP contribution in [-0.4, -0.2) is 63.3 Å². The molecule has 1 aromatic heterocycles. The van der Waals surface area contributed by atoms with Crippen molar-refractivity contribution in [2.24, 2.45) is 5.92 Å². The fraction of sp³-hybridized carbons (Fsp3) is 0.571. The zero-order valence-corrected chi connectivity index (χ0v) is 18.1. The van der Waals surface area contributed by atoms with Gasteiger partial charge in [-0.2, -0.15) is 18.3 Å². The second-order valence-electron chi connectivity index (χ2n) is 8.85. The minimum atomic E-state index is -4.60. The van der Waals surface area contributed by atoms with E-state index in [1.165, 1.54) is 18.3 Å². The molecule has 11 heteroatoms. The van der Waals surface area contributed by atoms with Crippen molar-refractivity contribution >= 4 is 23.0 Å². The van der Waals surface area contributed by atoms with E-state index in [-0.39, 0.29) is 28.7 Å². The summed E-state index contributed by atoms with van der Waals surface area (Å²) in [4.78, 5) is 25.3. The molecule has 0 saturated carbocycles. The average Bonchev–Trinajstić information content (AvgIpc) is 3.07. The van der Waals surface area contributed by atoms with Crippen LogP contribution in [0.5, 0.6) is 5.75 Å². The summed E-state index contributed by atoms with van der Waals surface area (Å²) < 4.78 is 49.7. The lowest BCUT2D eigenvalue weighted by Crippen LogP contribution is -2.42. The summed E-state index contributed by atoms with van der Waals surface area (Å²) in [5, 5.41) is 13.9. The maximum absolute atomic E-state index is 12.6. The first-order valence-electron chi connectivity index (χ1n) is 10.2. The Morgan fingerprint density at radius 1 is 1.19 bits per heavy atom. The van der Waals surface area contributed by atoms with Crippen LogP contribution < -0.4 is 4.74 Å². The monoisotopic (exact) mass is 457 g/mol. The van der Waals surface area contributed by atoms with Crippen LogP contribution in [0.1, 0.15) is 44.0 Å². The van der Waals surface area contributed by atoms with Crippen LogP contribution in [0.2, 0.25) is 0 Å². The lowest BCUT2D eigenvalue weighted by atomic mass is 9.97. The molecule has 0 atom stereocenters. The van der Waals surface area contributed by atoms with Gasteiger partial charge in [0.15, 0.2) is 6.61 Å². The van der Waals surface area contributed by atoms with E-state index in [9.17, 15) is 27.9 Å². The number of benzene rings is 1. The smallest absolute Gasteiger partial charge is 0.422 e. The van der Waals surface area contributed by atoms with Crippen LogP contribution in [0, 0.1) is 5.92 Å². The van der Waals surface area contributed by atoms with Gasteiger partial charge >= 0.3 is 18.2 Å². The lowest BCUT2D eigenvalue weighted by molar-refractivity contribution is -0.153. The van der Waals surface area contributed by atoms with Crippen molar-refractivity contribution in [3.05, 3.63) is 23.9 Å². The molecule has 2 aromatic rings. The Labute approximate surface area is 182 Å². The molecule has 0 bridgehead atoms. The summed E-state index contributed by atoms with van der Waals surface area (Å²) in [6, 6.07) is 2.63. The fourth-order valence-electron chi connectivity index (χ4n) is 3.58. The van der Waals surface area contributed by atoms with E-state index >= 15 is 0 Å². The normalized spacial score (nSPS) is 15.8. The summed E-state index contributed by atoms with van der Waals surface area (Å²) in [5.41, 5.74) is -0.575. The van der Waals surface area contributed by atoms with Crippen LogP contribution in [0.15, 0.2) is 18.3 Å². The molecule has 3 rings (SSSR count). The molecule has 1 saturated heterocycles. The number of halogens is 3. The van der Waals surface area contributed by atoms with E-state index in [1.54, 1.807) is 9.58 Å². The van der Waals surface area contributed by atoms with Crippen LogP contribution in [-0.2, 0) is 11.3 Å². The maximum Gasteiger partial charge on any atom is 0.422 e. The molecule has 1 aromatic carbocycles. The van der Waals surface area contributed by atoms with Gasteiger partial charge in [-0.3, -0.25) is 4.68 Å². The highest BCUT2D eigenvalue weighted by Gasteiger charge is 2.31. The second kappa shape index (κ2) is 8.87. The number of aromatic nitrogens is 2. The molecule has 32 heavy (non-hydrogen) atoms. The Hall–Kier alpha value is -2.98. The molecule has 1 N–H and O–H groups in total. The van der Waals surface area contributed by atoms with Gasteiger partial charge in [0, 0.05) is 25.8 Å². The number of carboxylic acids is 1. The third kappa shape index (κ3) is 6.04. The third-order valence-electron chi connectivity index (χ3n) is 5.01.